The number of nitrogens with zero attached hydrogens (tertiary/aromatic N) is 2. The van der Waals surface area contributed by atoms with Gasteiger partial charge in [0.2, 0.25) is 6.71 Å². The van der Waals surface area contributed by atoms with Crippen LogP contribution in [0.1, 0.15) is 22.3 Å². The third-order valence-corrected chi connectivity index (χ3v) is 14.0. The smallest absolute Gasteiger partial charge is 0.246 e. The molecule has 0 N–H and O–H groups in total. The zero-order valence-electron chi connectivity index (χ0n) is 35.6. The molecule has 65 heavy (non-hydrogen) atoms. The van der Waals surface area contributed by atoms with E-state index in [-0.39, 0.29) is 6.71 Å². The molecule has 0 bridgehead atoms. The van der Waals surface area contributed by atoms with Crippen molar-refractivity contribution in [1.29, 1.82) is 0 Å². The van der Waals surface area contributed by atoms with Crippen LogP contribution in [0.15, 0.2) is 249 Å². The summed E-state index contributed by atoms with van der Waals surface area (Å²) in [7, 11) is 0. The van der Waals surface area contributed by atoms with E-state index in [4.69, 9.17) is 4.98 Å². The summed E-state index contributed by atoms with van der Waals surface area (Å²) in [6.07, 6.45) is 0. The number of hydrogen-bond donors (Lipinski definition) is 0. The van der Waals surface area contributed by atoms with E-state index in [0.29, 0.717) is 0 Å². The summed E-state index contributed by atoms with van der Waals surface area (Å²) in [6, 6.07) is 91.4. The summed E-state index contributed by atoms with van der Waals surface area (Å²) >= 11 is 0. The number of hydrogen-bond acceptors (Lipinski definition) is 2. The molecule has 11 aromatic rings. The van der Waals surface area contributed by atoms with E-state index in [1.54, 1.807) is 0 Å². The van der Waals surface area contributed by atoms with Crippen LogP contribution in [0.5, 0.6) is 0 Å². The summed E-state index contributed by atoms with van der Waals surface area (Å²) in [4.78, 5) is 7.97. The van der Waals surface area contributed by atoms with Crippen molar-refractivity contribution >= 4 is 61.8 Å². The molecule has 10 aromatic carbocycles. The standard InChI is InChI=1S/C62H41BN2/c1-5-20-42(21-6-1)50-29-19-30-52-59(50)63(60-58(43-22-7-2-8-23-43)51-28-13-16-33-55(51)64-61(52)60)48-38-36-45-41-49(39-37-44(45)40-48)65-56-34-17-14-31-53(56)62(46-24-9-3-10-25-46,47-26-11-4-12-27-47)54-32-15-18-35-57(54)65/h1-41H. The molecule has 0 atom stereocenters. The van der Waals surface area contributed by atoms with Crippen LogP contribution in [0, 0.1) is 0 Å². The molecule has 0 fully saturated rings. The second-order valence-corrected chi connectivity index (χ2v) is 17.3. The van der Waals surface area contributed by atoms with Gasteiger partial charge in [0, 0.05) is 11.1 Å². The lowest BCUT2D eigenvalue weighted by molar-refractivity contribution is 0.731. The van der Waals surface area contributed by atoms with Crippen LogP contribution in [0.2, 0.25) is 0 Å². The number of rotatable bonds is 6. The summed E-state index contributed by atoms with van der Waals surface area (Å²) < 4.78 is 0. The van der Waals surface area contributed by atoms with Gasteiger partial charge in [-0.1, -0.05) is 229 Å². The molecule has 302 valence electrons. The first-order valence-corrected chi connectivity index (χ1v) is 22.6. The Labute approximate surface area is 379 Å². The van der Waals surface area contributed by atoms with E-state index >= 15 is 0 Å². The predicted molar refractivity (Wildman–Crippen MR) is 273 cm³/mol. The van der Waals surface area contributed by atoms with Gasteiger partial charge in [-0.15, -0.1) is 0 Å². The van der Waals surface area contributed by atoms with Crippen LogP contribution in [-0.4, -0.2) is 11.7 Å². The third kappa shape index (κ3) is 5.65. The van der Waals surface area contributed by atoms with Gasteiger partial charge in [0.05, 0.1) is 28.0 Å². The monoisotopic (exact) mass is 824 g/mol. The van der Waals surface area contributed by atoms with Gasteiger partial charge in [0.25, 0.3) is 0 Å². The van der Waals surface area contributed by atoms with Gasteiger partial charge >= 0.3 is 0 Å². The number of aromatic nitrogens is 1. The van der Waals surface area contributed by atoms with Gasteiger partial charge in [-0.05, 0) is 96.6 Å². The fraction of sp³-hybridized carbons (Fsp3) is 0.0161. The van der Waals surface area contributed by atoms with E-state index in [1.165, 1.54) is 94.0 Å². The first-order valence-electron chi connectivity index (χ1n) is 22.6. The molecule has 0 saturated carbocycles. The predicted octanol–water partition coefficient (Wildman–Crippen LogP) is 13.4. The number of pyridine rings is 1. The number of para-hydroxylation sites is 3. The van der Waals surface area contributed by atoms with E-state index in [2.05, 4.69) is 254 Å². The fourth-order valence-electron chi connectivity index (χ4n) is 11.3. The maximum atomic E-state index is 5.50. The van der Waals surface area contributed by atoms with Crippen molar-refractivity contribution in [3.63, 3.8) is 0 Å². The quantitative estimate of drug-likeness (QED) is 0.155. The fourth-order valence-corrected chi connectivity index (χ4v) is 11.3. The molecule has 0 aliphatic carbocycles. The highest BCUT2D eigenvalue weighted by Gasteiger charge is 2.46. The topological polar surface area (TPSA) is 16.1 Å². The minimum atomic E-state index is -0.511. The normalized spacial score (nSPS) is 13.3. The Morgan fingerprint density at radius 2 is 0.938 bits per heavy atom. The van der Waals surface area contributed by atoms with Gasteiger partial charge in [-0.3, -0.25) is 0 Å². The summed E-state index contributed by atoms with van der Waals surface area (Å²) in [5, 5.41) is 3.57. The van der Waals surface area contributed by atoms with Crippen LogP contribution in [0.4, 0.5) is 17.1 Å². The van der Waals surface area contributed by atoms with Crippen molar-refractivity contribution in [3.05, 3.63) is 271 Å². The average Bonchev–Trinajstić information content (AvgIpc) is 3.72. The lowest BCUT2D eigenvalue weighted by atomic mass is 9.37. The van der Waals surface area contributed by atoms with Gasteiger partial charge in [0.15, 0.2) is 0 Å². The molecule has 2 aliphatic heterocycles. The Balaban J connectivity index is 1.01. The first kappa shape index (κ1) is 37.3. The highest BCUT2D eigenvalue weighted by Crippen LogP contribution is 2.57. The largest absolute Gasteiger partial charge is 0.310 e. The van der Waals surface area contributed by atoms with Crippen molar-refractivity contribution in [2.45, 2.75) is 5.41 Å². The van der Waals surface area contributed by atoms with Crippen molar-refractivity contribution in [2.24, 2.45) is 0 Å². The molecular formula is C62H41BN2. The van der Waals surface area contributed by atoms with Gasteiger partial charge < -0.3 is 4.90 Å². The lowest BCUT2D eigenvalue weighted by Gasteiger charge is -2.46. The van der Waals surface area contributed by atoms with Crippen LogP contribution in [-0.2, 0) is 5.41 Å². The number of anilines is 3. The summed E-state index contributed by atoms with van der Waals surface area (Å²) in [5.74, 6) is 0. The van der Waals surface area contributed by atoms with Crippen molar-refractivity contribution in [3.8, 4) is 33.5 Å². The molecule has 0 saturated heterocycles. The molecule has 0 radical (unpaired) electrons. The SMILES string of the molecule is c1ccc(-c2cccc3c2B(c2ccc4cc(N5c6ccccc6C(c6ccccc6)(c6ccccc6)c6ccccc65)ccc4c2)c2c-3nc3ccccc3c2-c2ccccc2)cc1. The third-order valence-electron chi connectivity index (χ3n) is 14.0. The van der Waals surface area contributed by atoms with Crippen LogP contribution < -0.4 is 21.3 Å². The maximum Gasteiger partial charge on any atom is 0.246 e. The highest BCUT2D eigenvalue weighted by molar-refractivity contribution is 7.00. The van der Waals surface area contributed by atoms with Crippen molar-refractivity contribution in [2.75, 3.05) is 4.90 Å². The Morgan fingerprint density at radius 3 is 1.62 bits per heavy atom. The average molecular weight is 825 g/mol. The Morgan fingerprint density at radius 1 is 0.400 bits per heavy atom. The van der Waals surface area contributed by atoms with Crippen molar-refractivity contribution in [1.82, 2.24) is 4.98 Å². The van der Waals surface area contributed by atoms with E-state index in [9.17, 15) is 0 Å². The summed E-state index contributed by atoms with van der Waals surface area (Å²) in [5.41, 5.74) is 20.0. The number of fused-ring (bicyclic) bond motifs is 7. The van der Waals surface area contributed by atoms with E-state index < -0.39 is 5.41 Å². The summed E-state index contributed by atoms with van der Waals surface area (Å²) in [6.45, 7) is -0.0438. The van der Waals surface area contributed by atoms with Crippen LogP contribution in [0.25, 0.3) is 55.2 Å². The molecule has 2 nitrogen and oxygen atoms in total. The molecule has 3 heterocycles. The number of benzene rings is 10. The minimum absolute atomic E-state index is 0.0438. The zero-order valence-corrected chi connectivity index (χ0v) is 35.6. The molecule has 2 aliphatic rings. The van der Waals surface area contributed by atoms with Gasteiger partial charge in [0.1, 0.15) is 0 Å². The Kier molecular flexibility index (Phi) is 8.57. The molecule has 0 unspecified atom stereocenters. The molecule has 0 amide bonds. The van der Waals surface area contributed by atoms with E-state index in [0.717, 1.165) is 16.9 Å². The second-order valence-electron chi connectivity index (χ2n) is 17.3. The Hall–Kier alpha value is -8.27. The first-order chi connectivity index (χ1) is 32.3. The lowest BCUT2D eigenvalue weighted by Crippen LogP contribution is -2.50. The van der Waals surface area contributed by atoms with Crippen LogP contribution >= 0.6 is 0 Å². The van der Waals surface area contributed by atoms with Gasteiger partial charge in [-0.25, -0.2) is 4.98 Å². The molecular weight excluding hydrogens is 784 g/mol. The van der Waals surface area contributed by atoms with Crippen LogP contribution in [0.3, 0.4) is 0 Å². The van der Waals surface area contributed by atoms with Gasteiger partial charge in [-0.2, -0.15) is 0 Å². The highest BCUT2D eigenvalue weighted by atomic mass is 15.2. The second kappa shape index (κ2) is 14.9. The minimum Gasteiger partial charge on any atom is -0.310 e. The molecule has 13 rings (SSSR count). The molecule has 3 heteroatoms. The zero-order chi connectivity index (χ0) is 42.9. The maximum absolute atomic E-state index is 5.50. The van der Waals surface area contributed by atoms with E-state index in [1.807, 2.05) is 0 Å². The Bertz CT molecular complexity index is 3520. The molecule has 0 spiro atoms. The molecule has 1 aromatic heterocycles. The van der Waals surface area contributed by atoms with Crippen molar-refractivity contribution < 1.29 is 0 Å².